The second-order valence-corrected chi connectivity index (χ2v) is 9.23. The van der Waals surface area contributed by atoms with Gasteiger partial charge in [0.15, 0.2) is 0 Å². The highest BCUT2D eigenvalue weighted by Crippen LogP contribution is 2.21. The molecule has 0 spiro atoms. The maximum atomic E-state index is 13.4. The summed E-state index contributed by atoms with van der Waals surface area (Å²) in [6, 6.07) is 24.3. The van der Waals surface area contributed by atoms with Gasteiger partial charge in [-0.3, -0.25) is 9.59 Å². The molecule has 1 unspecified atom stereocenters. The predicted octanol–water partition coefficient (Wildman–Crippen LogP) is 4.97. The molecule has 0 bridgehead atoms. The Hall–Kier alpha value is -2.96. The van der Waals surface area contributed by atoms with Crippen molar-refractivity contribution in [2.45, 2.75) is 24.8 Å². The maximum Gasteiger partial charge on any atom is 0.242 e. The number of halogens is 1. The van der Waals surface area contributed by atoms with E-state index in [2.05, 4.69) is 5.32 Å². The summed E-state index contributed by atoms with van der Waals surface area (Å²) in [5.41, 5.74) is 2.97. The van der Waals surface area contributed by atoms with Gasteiger partial charge in [-0.05, 0) is 41.0 Å². The van der Waals surface area contributed by atoms with Crippen LogP contribution in [0.3, 0.4) is 0 Å². The fraction of sp³-hybridized carbons (Fsp3) is 0.259. The normalized spacial score (nSPS) is 11.5. The Morgan fingerprint density at radius 2 is 1.68 bits per heavy atom. The van der Waals surface area contributed by atoms with Gasteiger partial charge in [-0.25, -0.2) is 0 Å². The predicted molar refractivity (Wildman–Crippen MR) is 139 cm³/mol. The summed E-state index contributed by atoms with van der Waals surface area (Å²) in [6.45, 7) is 0.299. The van der Waals surface area contributed by atoms with Gasteiger partial charge in [-0.1, -0.05) is 66.2 Å². The number of carbonyl (C=O) groups is 2. The van der Waals surface area contributed by atoms with Gasteiger partial charge in [0, 0.05) is 30.8 Å². The second-order valence-electron chi connectivity index (χ2n) is 7.81. The van der Waals surface area contributed by atoms with Gasteiger partial charge in [0.2, 0.25) is 11.8 Å². The number of carbonyl (C=O) groups excluding carboxylic acids is 2. The SMILES string of the molecule is CNC(=O)C(Cc1ccccc1)N(Cc1cccc(Cl)c1)C(=O)CSCc1ccc(OC)cc1. The van der Waals surface area contributed by atoms with E-state index in [-0.39, 0.29) is 17.6 Å². The van der Waals surface area contributed by atoms with Crippen molar-refractivity contribution in [3.8, 4) is 5.75 Å². The zero-order valence-electron chi connectivity index (χ0n) is 19.4. The van der Waals surface area contributed by atoms with E-state index in [4.69, 9.17) is 16.3 Å². The molecular weight excluding hydrogens is 468 g/mol. The van der Waals surface area contributed by atoms with Crippen molar-refractivity contribution in [3.05, 3.63) is 101 Å². The molecule has 1 atom stereocenters. The van der Waals surface area contributed by atoms with Crippen LogP contribution in [0.4, 0.5) is 0 Å². The van der Waals surface area contributed by atoms with Crippen molar-refractivity contribution in [2.75, 3.05) is 19.9 Å². The van der Waals surface area contributed by atoms with Crippen LogP contribution in [0.1, 0.15) is 16.7 Å². The van der Waals surface area contributed by atoms with Gasteiger partial charge in [-0.2, -0.15) is 0 Å². The van der Waals surface area contributed by atoms with Crippen LogP contribution in [0, 0.1) is 0 Å². The molecule has 3 aromatic carbocycles. The van der Waals surface area contributed by atoms with Gasteiger partial charge in [0.25, 0.3) is 0 Å². The Bertz CT molecular complexity index is 1080. The van der Waals surface area contributed by atoms with Crippen LogP contribution in [0.5, 0.6) is 5.75 Å². The molecular formula is C27H29ClN2O3S. The quantitative estimate of drug-likeness (QED) is 0.407. The summed E-state index contributed by atoms with van der Waals surface area (Å²) < 4.78 is 5.20. The van der Waals surface area contributed by atoms with Gasteiger partial charge in [0.1, 0.15) is 11.8 Å². The fourth-order valence-corrected chi connectivity index (χ4v) is 4.70. The number of thioether (sulfide) groups is 1. The molecule has 0 radical (unpaired) electrons. The molecule has 2 amide bonds. The van der Waals surface area contributed by atoms with Crippen LogP contribution in [0.2, 0.25) is 5.02 Å². The Balaban J connectivity index is 1.78. The monoisotopic (exact) mass is 496 g/mol. The molecule has 7 heteroatoms. The summed E-state index contributed by atoms with van der Waals surface area (Å²) in [4.78, 5) is 28.0. The minimum atomic E-state index is -0.638. The molecule has 0 aliphatic carbocycles. The van der Waals surface area contributed by atoms with Gasteiger partial charge >= 0.3 is 0 Å². The number of likely N-dealkylation sites (N-methyl/N-ethyl adjacent to an activating group) is 1. The lowest BCUT2D eigenvalue weighted by atomic mass is 10.0. The van der Waals surface area contributed by atoms with E-state index >= 15 is 0 Å². The number of hydrogen-bond donors (Lipinski definition) is 1. The number of methoxy groups -OCH3 is 1. The minimum Gasteiger partial charge on any atom is -0.497 e. The lowest BCUT2D eigenvalue weighted by Gasteiger charge is -2.31. The van der Waals surface area contributed by atoms with Crippen LogP contribution in [-0.4, -0.2) is 42.7 Å². The number of ether oxygens (including phenoxy) is 1. The largest absolute Gasteiger partial charge is 0.497 e. The third kappa shape index (κ3) is 7.54. The first kappa shape index (κ1) is 25.7. The summed E-state index contributed by atoms with van der Waals surface area (Å²) in [5.74, 6) is 1.45. The molecule has 0 aliphatic rings. The van der Waals surface area contributed by atoms with E-state index in [9.17, 15) is 9.59 Å². The number of rotatable bonds is 11. The molecule has 0 saturated heterocycles. The van der Waals surface area contributed by atoms with Crippen LogP contribution < -0.4 is 10.1 Å². The molecule has 5 nitrogen and oxygen atoms in total. The van der Waals surface area contributed by atoms with E-state index < -0.39 is 6.04 Å². The molecule has 1 N–H and O–H groups in total. The fourth-order valence-electron chi connectivity index (χ4n) is 3.61. The van der Waals surface area contributed by atoms with Crippen molar-refractivity contribution >= 4 is 35.2 Å². The van der Waals surface area contributed by atoms with Crippen molar-refractivity contribution in [1.82, 2.24) is 10.2 Å². The molecule has 3 aromatic rings. The Morgan fingerprint density at radius 1 is 0.971 bits per heavy atom. The van der Waals surface area contributed by atoms with Crippen molar-refractivity contribution in [3.63, 3.8) is 0 Å². The van der Waals surface area contributed by atoms with E-state index in [1.54, 1.807) is 25.1 Å². The van der Waals surface area contributed by atoms with Gasteiger partial charge in [-0.15, -0.1) is 11.8 Å². The number of nitrogens with zero attached hydrogens (tertiary/aromatic N) is 1. The Kier molecular flexibility index (Phi) is 9.86. The summed E-state index contributed by atoms with van der Waals surface area (Å²) >= 11 is 7.71. The zero-order valence-corrected chi connectivity index (χ0v) is 20.9. The molecule has 0 aromatic heterocycles. The average Bonchev–Trinajstić information content (AvgIpc) is 2.86. The number of hydrogen-bond acceptors (Lipinski definition) is 4. The Morgan fingerprint density at radius 3 is 2.32 bits per heavy atom. The average molecular weight is 497 g/mol. The second kappa shape index (κ2) is 13.1. The number of amides is 2. The first-order chi connectivity index (χ1) is 16.5. The van der Waals surface area contributed by atoms with Gasteiger partial charge in [0.05, 0.1) is 12.9 Å². The smallest absolute Gasteiger partial charge is 0.242 e. The van der Waals surface area contributed by atoms with E-state index in [0.717, 1.165) is 22.4 Å². The molecule has 0 fully saturated rings. The number of nitrogens with one attached hydrogen (secondary N) is 1. The highest BCUT2D eigenvalue weighted by atomic mass is 35.5. The van der Waals surface area contributed by atoms with E-state index in [1.165, 1.54) is 11.8 Å². The van der Waals surface area contributed by atoms with E-state index in [1.807, 2.05) is 72.8 Å². The van der Waals surface area contributed by atoms with Crippen molar-refractivity contribution in [1.29, 1.82) is 0 Å². The molecule has 0 saturated carbocycles. The third-order valence-electron chi connectivity index (χ3n) is 5.41. The lowest BCUT2D eigenvalue weighted by molar-refractivity contribution is -0.139. The lowest BCUT2D eigenvalue weighted by Crippen LogP contribution is -2.50. The van der Waals surface area contributed by atoms with E-state index in [0.29, 0.717) is 23.7 Å². The molecule has 0 aliphatic heterocycles. The number of benzene rings is 3. The standard InChI is InChI=1S/C27H29ClN2O3S/c1-29-27(32)25(16-20-7-4-3-5-8-20)30(17-22-9-6-10-23(28)15-22)26(31)19-34-18-21-11-13-24(33-2)14-12-21/h3-15,25H,16-19H2,1-2H3,(H,29,32). The first-order valence-electron chi connectivity index (χ1n) is 11.0. The van der Waals surface area contributed by atoms with Crippen molar-refractivity contribution in [2.24, 2.45) is 0 Å². The Labute approximate surface area is 210 Å². The minimum absolute atomic E-state index is 0.0944. The van der Waals surface area contributed by atoms with Crippen LogP contribution in [-0.2, 0) is 28.3 Å². The van der Waals surface area contributed by atoms with Crippen LogP contribution in [0.15, 0.2) is 78.9 Å². The third-order valence-corrected chi connectivity index (χ3v) is 6.64. The molecule has 0 heterocycles. The van der Waals surface area contributed by atoms with Gasteiger partial charge < -0.3 is 15.0 Å². The van der Waals surface area contributed by atoms with Crippen molar-refractivity contribution < 1.29 is 14.3 Å². The molecule has 3 rings (SSSR count). The zero-order chi connectivity index (χ0) is 24.3. The molecule has 178 valence electrons. The topological polar surface area (TPSA) is 58.6 Å². The summed E-state index contributed by atoms with van der Waals surface area (Å²) in [6.07, 6.45) is 0.427. The highest BCUT2D eigenvalue weighted by Gasteiger charge is 2.29. The first-order valence-corrected chi connectivity index (χ1v) is 12.5. The van der Waals surface area contributed by atoms with Crippen LogP contribution in [0.25, 0.3) is 0 Å². The van der Waals surface area contributed by atoms with Crippen LogP contribution >= 0.6 is 23.4 Å². The maximum absolute atomic E-state index is 13.4. The highest BCUT2D eigenvalue weighted by molar-refractivity contribution is 7.99. The summed E-state index contributed by atoms with van der Waals surface area (Å²) in [5, 5.41) is 3.33. The summed E-state index contributed by atoms with van der Waals surface area (Å²) in [7, 11) is 3.23. The molecule has 34 heavy (non-hydrogen) atoms.